The van der Waals surface area contributed by atoms with Gasteiger partial charge < -0.3 is 0 Å². The first-order chi connectivity index (χ1) is 13.7. The van der Waals surface area contributed by atoms with E-state index in [2.05, 4.69) is 0 Å². The number of benzene rings is 2. The summed E-state index contributed by atoms with van der Waals surface area (Å²) in [4.78, 5) is 37.1. The van der Waals surface area contributed by atoms with Crippen LogP contribution in [-0.4, -0.2) is 34.0 Å². The van der Waals surface area contributed by atoms with Crippen LogP contribution in [-0.2, 0) is 32.5 Å². The molecule has 0 bridgehead atoms. The summed E-state index contributed by atoms with van der Waals surface area (Å²) in [6.07, 6.45) is 3.59. The van der Waals surface area contributed by atoms with Gasteiger partial charge in [-0.3, -0.25) is 19.3 Å². The first kappa shape index (κ1) is 18.7. The molecule has 2 aliphatic rings. The summed E-state index contributed by atoms with van der Waals surface area (Å²) in [6, 6.07) is 18.9. The third-order valence-corrected chi connectivity index (χ3v) is 5.31. The Morgan fingerprint density at radius 3 is 1.46 bits per heavy atom. The van der Waals surface area contributed by atoms with Gasteiger partial charge >= 0.3 is 11.8 Å². The molecule has 0 spiro atoms. The van der Waals surface area contributed by atoms with Gasteiger partial charge in [0.05, 0.1) is 12.1 Å². The number of rotatable bonds is 6. The van der Waals surface area contributed by atoms with E-state index in [9.17, 15) is 9.59 Å². The molecule has 28 heavy (non-hydrogen) atoms. The van der Waals surface area contributed by atoms with Gasteiger partial charge in [0, 0.05) is 0 Å². The van der Waals surface area contributed by atoms with E-state index in [-0.39, 0.29) is 25.3 Å². The van der Waals surface area contributed by atoms with Gasteiger partial charge in [-0.1, -0.05) is 73.5 Å². The highest BCUT2D eigenvalue weighted by Gasteiger charge is 2.48. The molecule has 0 aromatic heterocycles. The van der Waals surface area contributed by atoms with E-state index in [0.717, 1.165) is 36.8 Å². The standard InChI is InChI=1S/C22H24N2O4/c25-21-22(26)24(28-16-18-11-5-2-6-12-18)20-14-8-7-13-19(20)23(21)27-15-17-9-3-1-4-10-17/h1-6,9-12,19-20H,7-8,13-16H2/t19-,20+. The maximum absolute atomic E-state index is 12.8. The number of piperazine rings is 1. The quantitative estimate of drug-likeness (QED) is 0.722. The zero-order valence-corrected chi connectivity index (χ0v) is 15.7. The first-order valence-electron chi connectivity index (χ1n) is 9.74. The van der Waals surface area contributed by atoms with E-state index in [1.54, 1.807) is 0 Å². The minimum absolute atomic E-state index is 0.182. The van der Waals surface area contributed by atoms with Crippen LogP contribution in [0, 0.1) is 0 Å². The summed E-state index contributed by atoms with van der Waals surface area (Å²) < 4.78 is 0. The van der Waals surface area contributed by atoms with E-state index in [4.69, 9.17) is 9.68 Å². The van der Waals surface area contributed by atoms with Gasteiger partial charge in [-0.25, -0.2) is 10.1 Å². The van der Waals surface area contributed by atoms with E-state index in [1.165, 1.54) is 10.1 Å². The van der Waals surface area contributed by atoms with Crippen LogP contribution in [0.1, 0.15) is 36.8 Å². The molecule has 2 aromatic carbocycles. The Hall–Kier alpha value is -2.70. The third kappa shape index (κ3) is 3.93. The summed E-state index contributed by atoms with van der Waals surface area (Å²) in [5.74, 6) is -1.32. The zero-order valence-electron chi connectivity index (χ0n) is 15.7. The van der Waals surface area contributed by atoms with E-state index < -0.39 is 11.8 Å². The molecule has 0 N–H and O–H groups in total. The maximum Gasteiger partial charge on any atom is 0.338 e. The first-order valence-corrected chi connectivity index (χ1v) is 9.74. The maximum atomic E-state index is 12.8. The SMILES string of the molecule is O=C1C(=O)N(OCc2ccccc2)[C@H]2CCCC[C@H]2N1OCc1ccccc1. The largest absolute Gasteiger partial charge is 0.338 e. The number of fused-ring (bicyclic) bond motifs is 1. The van der Waals surface area contributed by atoms with Crippen molar-refractivity contribution in [3.8, 4) is 0 Å². The molecule has 1 heterocycles. The summed E-state index contributed by atoms with van der Waals surface area (Å²) in [6.45, 7) is 0.516. The van der Waals surface area contributed by atoms with Crippen LogP contribution in [0.3, 0.4) is 0 Å². The number of hydrogen-bond acceptors (Lipinski definition) is 4. The molecule has 146 valence electrons. The predicted molar refractivity (Wildman–Crippen MR) is 102 cm³/mol. The zero-order chi connectivity index (χ0) is 19.3. The molecule has 6 nitrogen and oxygen atoms in total. The van der Waals surface area contributed by atoms with Crippen molar-refractivity contribution in [1.82, 2.24) is 10.1 Å². The van der Waals surface area contributed by atoms with Crippen LogP contribution < -0.4 is 0 Å². The lowest BCUT2D eigenvalue weighted by atomic mass is 9.88. The Kier molecular flexibility index (Phi) is 5.69. The highest BCUT2D eigenvalue weighted by atomic mass is 16.7. The van der Waals surface area contributed by atoms with Crippen molar-refractivity contribution in [3.05, 3.63) is 71.8 Å². The van der Waals surface area contributed by atoms with Crippen molar-refractivity contribution in [2.24, 2.45) is 0 Å². The van der Waals surface area contributed by atoms with Crippen LogP contribution >= 0.6 is 0 Å². The van der Waals surface area contributed by atoms with Gasteiger partial charge in [0.2, 0.25) is 0 Å². The number of hydrogen-bond donors (Lipinski definition) is 0. The molecule has 1 saturated heterocycles. The van der Waals surface area contributed by atoms with Crippen molar-refractivity contribution in [2.45, 2.75) is 51.0 Å². The molecule has 1 aliphatic carbocycles. The minimum Gasteiger partial charge on any atom is -0.265 e. The van der Waals surface area contributed by atoms with Crippen LogP contribution in [0.5, 0.6) is 0 Å². The number of amides is 2. The van der Waals surface area contributed by atoms with Crippen LogP contribution in [0.4, 0.5) is 0 Å². The molecule has 2 fully saturated rings. The van der Waals surface area contributed by atoms with Crippen LogP contribution in [0.15, 0.2) is 60.7 Å². The lowest BCUT2D eigenvalue weighted by molar-refractivity contribution is -0.270. The topological polar surface area (TPSA) is 59.1 Å². The van der Waals surface area contributed by atoms with Gasteiger partial charge in [-0.05, 0) is 24.0 Å². The molecule has 2 aromatic rings. The van der Waals surface area contributed by atoms with Crippen molar-refractivity contribution >= 4 is 11.8 Å². The molecule has 1 aliphatic heterocycles. The highest BCUT2D eigenvalue weighted by molar-refractivity contribution is 6.35. The summed E-state index contributed by atoms with van der Waals surface area (Å²) in [7, 11) is 0. The van der Waals surface area contributed by atoms with Crippen LogP contribution in [0.2, 0.25) is 0 Å². The van der Waals surface area contributed by atoms with Gasteiger partial charge in [-0.15, -0.1) is 0 Å². The van der Waals surface area contributed by atoms with Gasteiger partial charge in [0.1, 0.15) is 13.2 Å². The van der Waals surface area contributed by atoms with E-state index in [0.29, 0.717) is 0 Å². The fraction of sp³-hybridized carbons (Fsp3) is 0.364. The second-order valence-corrected chi connectivity index (χ2v) is 7.20. The molecule has 0 radical (unpaired) electrons. The Morgan fingerprint density at radius 2 is 1.07 bits per heavy atom. The smallest absolute Gasteiger partial charge is 0.265 e. The van der Waals surface area contributed by atoms with Crippen LogP contribution in [0.25, 0.3) is 0 Å². The summed E-state index contributed by atoms with van der Waals surface area (Å²) in [5, 5.41) is 2.59. The Bertz CT molecular complexity index is 742. The summed E-state index contributed by atoms with van der Waals surface area (Å²) in [5.41, 5.74) is 1.91. The Labute approximate surface area is 164 Å². The van der Waals surface area contributed by atoms with Gasteiger partial charge in [-0.2, -0.15) is 0 Å². The second-order valence-electron chi connectivity index (χ2n) is 7.20. The second kappa shape index (κ2) is 8.54. The molecule has 2 amide bonds. The summed E-state index contributed by atoms with van der Waals surface area (Å²) >= 11 is 0. The molecule has 2 atom stereocenters. The fourth-order valence-electron chi connectivity index (χ4n) is 3.87. The lowest BCUT2D eigenvalue weighted by Crippen LogP contribution is -2.65. The molecular weight excluding hydrogens is 356 g/mol. The average molecular weight is 380 g/mol. The van der Waals surface area contributed by atoms with E-state index >= 15 is 0 Å². The number of carbonyl (C=O) groups is 2. The number of nitrogens with zero attached hydrogens (tertiary/aromatic N) is 2. The average Bonchev–Trinajstić information content (AvgIpc) is 2.75. The highest BCUT2D eigenvalue weighted by Crippen LogP contribution is 2.32. The Balaban J connectivity index is 1.47. The van der Waals surface area contributed by atoms with E-state index in [1.807, 2.05) is 60.7 Å². The number of hydroxylamine groups is 4. The van der Waals surface area contributed by atoms with Crippen molar-refractivity contribution in [3.63, 3.8) is 0 Å². The van der Waals surface area contributed by atoms with Crippen molar-refractivity contribution in [1.29, 1.82) is 0 Å². The van der Waals surface area contributed by atoms with Gasteiger partial charge in [0.15, 0.2) is 0 Å². The molecule has 4 rings (SSSR count). The molecule has 0 unspecified atom stereocenters. The number of carbonyl (C=O) groups excluding carboxylic acids is 2. The molecular formula is C22H24N2O4. The molecule has 6 heteroatoms. The van der Waals surface area contributed by atoms with Crippen molar-refractivity contribution in [2.75, 3.05) is 0 Å². The monoisotopic (exact) mass is 380 g/mol. The molecule has 1 saturated carbocycles. The third-order valence-electron chi connectivity index (χ3n) is 5.31. The normalized spacial score (nSPS) is 22.3. The predicted octanol–water partition coefficient (Wildman–Crippen LogP) is 3.23. The Morgan fingerprint density at radius 1 is 0.679 bits per heavy atom. The van der Waals surface area contributed by atoms with Crippen molar-refractivity contribution < 1.29 is 19.3 Å². The minimum atomic E-state index is -0.660. The fourth-order valence-corrected chi connectivity index (χ4v) is 3.87. The lowest BCUT2D eigenvalue weighted by Gasteiger charge is -2.46. The van der Waals surface area contributed by atoms with Gasteiger partial charge in [0.25, 0.3) is 0 Å².